The lowest BCUT2D eigenvalue weighted by molar-refractivity contribution is 0.0730. The van der Waals surface area contributed by atoms with Gasteiger partial charge in [-0.3, -0.25) is 4.79 Å². The van der Waals surface area contributed by atoms with Crippen molar-refractivity contribution >= 4 is 10.0 Å². The van der Waals surface area contributed by atoms with Crippen LogP contribution in [0, 0.1) is 6.92 Å². The van der Waals surface area contributed by atoms with Crippen LogP contribution in [0.25, 0.3) is 11.3 Å². The van der Waals surface area contributed by atoms with Crippen molar-refractivity contribution in [1.82, 2.24) is 14.1 Å². The van der Waals surface area contributed by atoms with Crippen molar-refractivity contribution in [2.75, 3.05) is 26.3 Å². The van der Waals surface area contributed by atoms with Gasteiger partial charge in [0, 0.05) is 30.8 Å². The zero-order valence-corrected chi connectivity index (χ0v) is 20.9. The third-order valence-corrected chi connectivity index (χ3v) is 9.01. The quantitative estimate of drug-likeness (QED) is 0.526. The summed E-state index contributed by atoms with van der Waals surface area (Å²) in [6.45, 7) is 3.81. The van der Waals surface area contributed by atoms with E-state index in [2.05, 4.69) is 0 Å². The van der Waals surface area contributed by atoms with E-state index in [4.69, 9.17) is 9.84 Å². The zero-order chi connectivity index (χ0) is 24.4. The molecule has 7 nitrogen and oxygen atoms in total. The Balaban J connectivity index is 1.57. The van der Waals surface area contributed by atoms with E-state index in [9.17, 15) is 13.2 Å². The summed E-state index contributed by atoms with van der Waals surface area (Å²) in [5, 5.41) is 4.81. The third-order valence-electron chi connectivity index (χ3n) is 6.97. The number of aromatic nitrogens is 2. The summed E-state index contributed by atoms with van der Waals surface area (Å²) in [5.74, 6) is 0. The maximum Gasteiger partial charge on any atom is 0.270 e. The van der Waals surface area contributed by atoms with Crippen LogP contribution in [-0.4, -0.2) is 48.8 Å². The third kappa shape index (κ3) is 4.83. The van der Waals surface area contributed by atoms with Crippen LogP contribution in [0.3, 0.4) is 0 Å². The van der Waals surface area contributed by atoms with E-state index < -0.39 is 10.0 Å². The second-order valence-electron chi connectivity index (χ2n) is 9.27. The van der Waals surface area contributed by atoms with Gasteiger partial charge in [-0.2, -0.15) is 9.40 Å². The van der Waals surface area contributed by atoms with Gasteiger partial charge in [0.2, 0.25) is 10.0 Å². The van der Waals surface area contributed by atoms with Gasteiger partial charge >= 0.3 is 0 Å². The molecule has 0 atom stereocenters. The Hall–Kier alpha value is -2.81. The SMILES string of the molecule is Cc1ccc(-c2nn(CCc3ccccc3)c(=O)c3c2CCCC3)cc1S(=O)(=O)N1CCOCC1. The van der Waals surface area contributed by atoms with Crippen molar-refractivity contribution in [3.63, 3.8) is 0 Å². The minimum Gasteiger partial charge on any atom is -0.379 e. The first-order valence-electron chi connectivity index (χ1n) is 12.3. The molecule has 5 rings (SSSR count). The molecular weight excluding hydrogens is 462 g/mol. The number of ether oxygens (including phenoxy) is 1. The number of benzene rings is 2. The smallest absolute Gasteiger partial charge is 0.270 e. The van der Waals surface area contributed by atoms with E-state index >= 15 is 0 Å². The van der Waals surface area contributed by atoms with Gasteiger partial charge in [-0.15, -0.1) is 0 Å². The Morgan fingerprint density at radius 1 is 0.971 bits per heavy atom. The highest BCUT2D eigenvalue weighted by atomic mass is 32.2. The molecule has 0 spiro atoms. The normalized spacial score (nSPS) is 16.7. The Morgan fingerprint density at radius 3 is 2.43 bits per heavy atom. The molecule has 1 saturated heterocycles. The van der Waals surface area contributed by atoms with E-state index in [0.717, 1.165) is 53.6 Å². The number of sulfonamides is 1. The predicted octanol–water partition coefficient (Wildman–Crippen LogP) is 3.36. The summed E-state index contributed by atoms with van der Waals surface area (Å²) >= 11 is 0. The Morgan fingerprint density at radius 2 is 1.69 bits per heavy atom. The first-order valence-corrected chi connectivity index (χ1v) is 13.7. The van der Waals surface area contributed by atoms with Gasteiger partial charge in [0.15, 0.2) is 0 Å². The lowest BCUT2D eigenvalue weighted by Gasteiger charge is -2.27. The van der Waals surface area contributed by atoms with Crippen molar-refractivity contribution in [3.05, 3.63) is 81.1 Å². The largest absolute Gasteiger partial charge is 0.379 e. The topological polar surface area (TPSA) is 81.5 Å². The highest BCUT2D eigenvalue weighted by molar-refractivity contribution is 7.89. The lowest BCUT2D eigenvalue weighted by Crippen LogP contribution is -2.40. The van der Waals surface area contributed by atoms with Crippen molar-refractivity contribution in [2.24, 2.45) is 0 Å². The zero-order valence-electron chi connectivity index (χ0n) is 20.1. The summed E-state index contributed by atoms with van der Waals surface area (Å²) in [4.78, 5) is 13.6. The van der Waals surface area contributed by atoms with E-state index in [1.807, 2.05) is 49.4 Å². The minimum absolute atomic E-state index is 0.0207. The van der Waals surface area contributed by atoms with E-state index in [-0.39, 0.29) is 5.56 Å². The van der Waals surface area contributed by atoms with E-state index in [1.165, 1.54) is 4.31 Å². The van der Waals surface area contributed by atoms with E-state index in [1.54, 1.807) is 10.7 Å². The molecule has 0 saturated carbocycles. The Labute approximate surface area is 206 Å². The molecule has 0 radical (unpaired) electrons. The first kappa shape index (κ1) is 23.9. The number of hydrogen-bond donors (Lipinski definition) is 0. The van der Waals surface area contributed by atoms with Gasteiger partial charge < -0.3 is 4.74 Å². The van der Waals surface area contributed by atoms with Gasteiger partial charge in [-0.05, 0) is 61.8 Å². The molecule has 0 amide bonds. The fourth-order valence-corrected chi connectivity index (χ4v) is 6.66. The summed E-state index contributed by atoms with van der Waals surface area (Å²) in [6.07, 6.45) is 4.21. The summed E-state index contributed by atoms with van der Waals surface area (Å²) < 4.78 is 35.3. The summed E-state index contributed by atoms with van der Waals surface area (Å²) in [7, 11) is -3.65. The second kappa shape index (κ2) is 10.0. The van der Waals surface area contributed by atoms with Crippen molar-refractivity contribution in [3.8, 4) is 11.3 Å². The number of rotatable bonds is 6. The number of morpholine rings is 1. The monoisotopic (exact) mass is 493 g/mol. The van der Waals surface area contributed by atoms with E-state index in [0.29, 0.717) is 49.7 Å². The maximum absolute atomic E-state index is 13.5. The van der Waals surface area contributed by atoms with Crippen LogP contribution in [0.2, 0.25) is 0 Å². The average Bonchev–Trinajstić information content (AvgIpc) is 2.90. The van der Waals surface area contributed by atoms with Gasteiger partial charge in [-0.1, -0.05) is 42.5 Å². The molecule has 1 aliphatic heterocycles. The molecule has 1 aliphatic carbocycles. The Kier molecular flexibility index (Phi) is 6.86. The Bertz CT molecular complexity index is 1380. The number of hydrogen-bond acceptors (Lipinski definition) is 5. The van der Waals surface area contributed by atoms with Gasteiger partial charge in [0.25, 0.3) is 5.56 Å². The van der Waals surface area contributed by atoms with Crippen molar-refractivity contribution in [1.29, 1.82) is 0 Å². The molecule has 2 aliphatic rings. The van der Waals surface area contributed by atoms with Crippen LogP contribution in [0.15, 0.2) is 58.2 Å². The van der Waals surface area contributed by atoms with Crippen LogP contribution in [0.1, 0.15) is 35.1 Å². The number of nitrogens with zero attached hydrogens (tertiary/aromatic N) is 3. The van der Waals surface area contributed by atoms with Crippen LogP contribution in [0.4, 0.5) is 0 Å². The van der Waals surface area contributed by atoms with Crippen LogP contribution < -0.4 is 5.56 Å². The van der Waals surface area contributed by atoms with Crippen molar-refractivity contribution < 1.29 is 13.2 Å². The molecule has 1 fully saturated rings. The maximum atomic E-state index is 13.5. The molecule has 8 heteroatoms. The number of aryl methyl sites for hydroxylation is 3. The van der Waals surface area contributed by atoms with Crippen molar-refractivity contribution in [2.45, 2.75) is 50.5 Å². The molecule has 2 heterocycles. The second-order valence-corrected chi connectivity index (χ2v) is 11.2. The van der Waals surface area contributed by atoms with Gasteiger partial charge in [-0.25, -0.2) is 13.1 Å². The fourth-order valence-electron chi connectivity index (χ4n) is 5.00. The summed E-state index contributed by atoms with van der Waals surface area (Å²) in [6, 6.07) is 15.6. The first-order chi connectivity index (χ1) is 16.9. The number of fused-ring (bicyclic) bond motifs is 1. The molecular formula is C27H31N3O4S. The van der Waals surface area contributed by atoms with Gasteiger partial charge in [0.1, 0.15) is 0 Å². The molecule has 35 heavy (non-hydrogen) atoms. The highest BCUT2D eigenvalue weighted by Gasteiger charge is 2.29. The standard InChI is InChI=1S/C27H31N3O4S/c1-20-11-12-22(19-25(20)35(32,33)29-15-17-34-18-16-29)26-23-9-5-6-10-24(23)27(31)30(28-26)14-13-21-7-3-2-4-8-21/h2-4,7-8,11-12,19H,5-6,9-10,13-18H2,1H3. The molecule has 3 aromatic rings. The molecule has 2 aromatic carbocycles. The van der Waals surface area contributed by atoms with Crippen LogP contribution >= 0.6 is 0 Å². The van der Waals surface area contributed by atoms with Crippen LogP contribution in [0.5, 0.6) is 0 Å². The molecule has 0 unspecified atom stereocenters. The molecule has 0 bridgehead atoms. The van der Waals surface area contributed by atoms with Gasteiger partial charge in [0.05, 0.1) is 23.8 Å². The average molecular weight is 494 g/mol. The van der Waals surface area contributed by atoms with Crippen LogP contribution in [-0.2, 0) is 40.6 Å². The molecule has 1 aromatic heterocycles. The molecule has 0 N–H and O–H groups in total. The summed E-state index contributed by atoms with van der Waals surface area (Å²) in [5.41, 5.74) is 5.09. The molecule has 184 valence electrons. The minimum atomic E-state index is -3.65. The fraction of sp³-hybridized carbons (Fsp3) is 0.407. The lowest BCUT2D eigenvalue weighted by atomic mass is 9.89. The highest BCUT2D eigenvalue weighted by Crippen LogP contribution is 2.31. The predicted molar refractivity (Wildman–Crippen MR) is 135 cm³/mol.